The first-order chi connectivity index (χ1) is 8.61. The summed E-state index contributed by atoms with van der Waals surface area (Å²) in [5, 5.41) is 0. The fraction of sp³-hybridized carbons (Fsp3) is 0.500. The number of aryl methyl sites for hydroxylation is 1. The van der Waals surface area contributed by atoms with Gasteiger partial charge in [-0.1, -0.05) is 18.2 Å². The van der Waals surface area contributed by atoms with Gasteiger partial charge < -0.3 is 9.64 Å². The summed E-state index contributed by atoms with van der Waals surface area (Å²) < 4.78 is 5.66. The zero-order chi connectivity index (χ0) is 13.1. The predicted octanol–water partition coefficient (Wildman–Crippen LogP) is 2.46. The van der Waals surface area contributed by atoms with E-state index in [4.69, 9.17) is 16.3 Å². The molecule has 1 saturated heterocycles. The first-order valence-electron chi connectivity index (χ1n) is 6.18. The topological polar surface area (TPSA) is 29.5 Å². The molecule has 1 aromatic carbocycles. The van der Waals surface area contributed by atoms with Crippen molar-refractivity contribution in [3.05, 3.63) is 35.4 Å². The Kier molecular flexibility index (Phi) is 4.25. The molecule has 0 spiro atoms. The van der Waals surface area contributed by atoms with Crippen LogP contribution in [-0.2, 0) is 4.74 Å². The van der Waals surface area contributed by atoms with Crippen molar-refractivity contribution in [3.63, 3.8) is 0 Å². The van der Waals surface area contributed by atoms with Crippen LogP contribution in [0.1, 0.15) is 22.8 Å². The van der Waals surface area contributed by atoms with E-state index < -0.39 is 0 Å². The quantitative estimate of drug-likeness (QED) is 0.771. The van der Waals surface area contributed by atoms with Gasteiger partial charge in [-0.3, -0.25) is 4.79 Å². The number of morpholine rings is 1. The molecule has 18 heavy (non-hydrogen) atoms. The highest BCUT2D eigenvalue weighted by atomic mass is 35.5. The van der Waals surface area contributed by atoms with Crippen LogP contribution in [0.5, 0.6) is 0 Å². The third kappa shape index (κ3) is 2.85. The molecule has 1 fully saturated rings. The van der Waals surface area contributed by atoms with E-state index in [1.807, 2.05) is 43.0 Å². The summed E-state index contributed by atoms with van der Waals surface area (Å²) in [4.78, 5) is 14.3. The summed E-state index contributed by atoms with van der Waals surface area (Å²) in [6.07, 6.45) is -0.0288. The Morgan fingerprint density at radius 3 is 2.83 bits per heavy atom. The van der Waals surface area contributed by atoms with Crippen molar-refractivity contribution in [3.8, 4) is 0 Å². The van der Waals surface area contributed by atoms with Gasteiger partial charge in [-0.2, -0.15) is 0 Å². The van der Waals surface area contributed by atoms with Crippen LogP contribution in [-0.4, -0.2) is 42.0 Å². The van der Waals surface area contributed by atoms with Crippen molar-refractivity contribution in [1.82, 2.24) is 4.90 Å². The van der Waals surface area contributed by atoms with Gasteiger partial charge in [-0.15, -0.1) is 11.6 Å². The van der Waals surface area contributed by atoms with Gasteiger partial charge in [-0.25, -0.2) is 0 Å². The van der Waals surface area contributed by atoms with Crippen molar-refractivity contribution in [2.75, 3.05) is 19.0 Å². The average Bonchev–Trinajstić information content (AvgIpc) is 2.37. The number of rotatable bonds is 2. The van der Waals surface area contributed by atoms with Crippen molar-refractivity contribution >= 4 is 17.5 Å². The van der Waals surface area contributed by atoms with Crippen molar-refractivity contribution in [1.29, 1.82) is 0 Å². The summed E-state index contributed by atoms with van der Waals surface area (Å²) >= 11 is 5.83. The van der Waals surface area contributed by atoms with Gasteiger partial charge in [0.05, 0.1) is 18.1 Å². The lowest BCUT2D eigenvalue weighted by Crippen LogP contribution is -2.49. The molecule has 1 heterocycles. The second kappa shape index (κ2) is 5.72. The van der Waals surface area contributed by atoms with E-state index in [1.54, 1.807) is 0 Å². The number of halogens is 1. The molecule has 0 saturated carbocycles. The molecule has 1 aliphatic rings. The Bertz CT molecular complexity index is 436. The van der Waals surface area contributed by atoms with Crippen LogP contribution in [0.4, 0.5) is 0 Å². The van der Waals surface area contributed by atoms with E-state index in [-0.39, 0.29) is 18.1 Å². The van der Waals surface area contributed by atoms with Crippen LogP contribution in [0.25, 0.3) is 0 Å². The zero-order valence-electron chi connectivity index (χ0n) is 10.7. The molecule has 0 N–H and O–H groups in total. The number of alkyl halides is 1. The predicted molar refractivity (Wildman–Crippen MR) is 72.1 cm³/mol. The smallest absolute Gasteiger partial charge is 0.254 e. The number of carbonyl (C=O) groups is 1. The van der Waals surface area contributed by atoms with E-state index >= 15 is 0 Å². The minimum Gasteiger partial charge on any atom is -0.370 e. The zero-order valence-corrected chi connectivity index (χ0v) is 11.5. The number of benzene rings is 1. The van der Waals surface area contributed by atoms with Crippen LogP contribution < -0.4 is 0 Å². The van der Waals surface area contributed by atoms with Crippen LogP contribution >= 0.6 is 11.6 Å². The van der Waals surface area contributed by atoms with Crippen LogP contribution in [0, 0.1) is 6.92 Å². The summed E-state index contributed by atoms with van der Waals surface area (Å²) in [6.45, 7) is 5.12. The van der Waals surface area contributed by atoms with Crippen LogP contribution in [0.3, 0.4) is 0 Å². The van der Waals surface area contributed by atoms with Gasteiger partial charge in [-0.05, 0) is 25.5 Å². The Morgan fingerprint density at radius 2 is 2.17 bits per heavy atom. The van der Waals surface area contributed by atoms with Crippen molar-refractivity contribution in [2.24, 2.45) is 0 Å². The number of carbonyl (C=O) groups excluding carboxylic acids is 1. The Balaban J connectivity index is 2.16. The molecule has 0 aromatic heterocycles. The standard InChI is InChI=1S/C14H18ClNO2/c1-10-5-3-4-6-13(10)14(17)16-8-11(2)18-12(7-15)9-16/h3-6,11-12H,7-9H2,1-2H3. The summed E-state index contributed by atoms with van der Waals surface area (Å²) in [6, 6.07) is 7.66. The van der Waals surface area contributed by atoms with Gasteiger partial charge in [0.1, 0.15) is 0 Å². The second-order valence-electron chi connectivity index (χ2n) is 4.75. The molecule has 2 unspecified atom stereocenters. The SMILES string of the molecule is Cc1ccccc1C(=O)N1CC(C)OC(CCl)C1. The maximum absolute atomic E-state index is 12.5. The number of ether oxygens (including phenoxy) is 1. The molecular formula is C14H18ClNO2. The first-order valence-corrected chi connectivity index (χ1v) is 6.71. The summed E-state index contributed by atoms with van der Waals surface area (Å²) in [5.74, 6) is 0.486. The Labute approximate surface area is 113 Å². The van der Waals surface area contributed by atoms with E-state index in [0.29, 0.717) is 19.0 Å². The third-order valence-corrected chi connectivity index (χ3v) is 3.51. The molecule has 1 aromatic rings. The van der Waals surface area contributed by atoms with Crippen LogP contribution in [0.15, 0.2) is 24.3 Å². The molecule has 1 amide bonds. The molecule has 3 nitrogen and oxygen atoms in total. The maximum Gasteiger partial charge on any atom is 0.254 e. The molecular weight excluding hydrogens is 250 g/mol. The third-order valence-electron chi connectivity index (χ3n) is 3.16. The maximum atomic E-state index is 12.5. The molecule has 1 aliphatic heterocycles. The van der Waals surface area contributed by atoms with E-state index in [0.717, 1.165) is 11.1 Å². The molecule has 98 valence electrons. The fourth-order valence-corrected chi connectivity index (χ4v) is 2.45. The fourth-order valence-electron chi connectivity index (χ4n) is 2.28. The lowest BCUT2D eigenvalue weighted by atomic mass is 10.1. The Morgan fingerprint density at radius 1 is 1.44 bits per heavy atom. The van der Waals surface area contributed by atoms with Gasteiger partial charge in [0.25, 0.3) is 5.91 Å². The molecule has 2 rings (SSSR count). The van der Waals surface area contributed by atoms with E-state index in [2.05, 4.69) is 0 Å². The minimum absolute atomic E-state index is 0.0375. The largest absolute Gasteiger partial charge is 0.370 e. The lowest BCUT2D eigenvalue weighted by Gasteiger charge is -2.36. The highest BCUT2D eigenvalue weighted by molar-refractivity contribution is 6.18. The van der Waals surface area contributed by atoms with Crippen molar-refractivity contribution in [2.45, 2.75) is 26.1 Å². The number of amides is 1. The Hall–Kier alpha value is -1.06. The van der Waals surface area contributed by atoms with Crippen LogP contribution in [0.2, 0.25) is 0 Å². The monoisotopic (exact) mass is 267 g/mol. The summed E-state index contributed by atoms with van der Waals surface area (Å²) in [5.41, 5.74) is 1.77. The highest BCUT2D eigenvalue weighted by Gasteiger charge is 2.28. The molecule has 0 radical (unpaired) electrons. The highest BCUT2D eigenvalue weighted by Crippen LogP contribution is 2.17. The van der Waals surface area contributed by atoms with E-state index in [9.17, 15) is 4.79 Å². The summed E-state index contributed by atoms with van der Waals surface area (Å²) in [7, 11) is 0. The normalized spacial score (nSPS) is 24.1. The van der Waals surface area contributed by atoms with Gasteiger partial charge >= 0.3 is 0 Å². The van der Waals surface area contributed by atoms with Crippen molar-refractivity contribution < 1.29 is 9.53 Å². The number of nitrogens with zero attached hydrogens (tertiary/aromatic N) is 1. The molecule has 0 bridgehead atoms. The number of hydrogen-bond acceptors (Lipinski definition) is 2. The van der Waals surface area contributed by atoms with E-state index in [1.165, 1.54) is 0 Å². The van der Waals surface area contributed by atoms with Gasteiger partial charge in [0, 0.05) is 18.7 Å². The molecule has 2 atom stereocenters. The first kappa shape index (κ1) is 13.4. The molecule has 0 aliphatic carbocycles. The van der Waals surface area contributed by atoms with Gasteiger partial charge in [0.15, 0.2) is 0 Å². The number of hydrogen-bond donors (Lipinski definition) is 0. The minimum atomic E-state index is -0.0663. The average molecular weight is 268 g/mol. The second-order valence-corrected chi connectivity index (χ2v) is 5.06. The lowest BCUT2D eigenvalue weighted by molar-refractivity contribution is -0.0570. The molecule has 4 heteroatoms. The van der Waals surface area contributed by atoms with Gasteiger partial charge in [0.2, 0.25) is 0 Å².